The molecule has 3 heterocycles. The van der Waals surface area contributed by atoms with Crippen LogP contribution in [0.2, 0.25) is 0 Å². The first-order chi connectivity index (χ1) is 11.8. The minimum absolute atomic E-state index is 0.301. The number of hydrogen-bond acceptors (Lipinski definition) is 7. The molecule has 4 rings (SSSR count). The van der Waals surface area contributed by atoms with Gasteiger partial charge in [-0.3, -0.25) is 25.1 Å². The second-order valence-corrected chi connectivity index (χ2v) is 5.79. The smallest absolute Gasteiger partial charge is 0.259 e. The largest absolute Gasteiger partial charge is 0.296 e. The van der Waals surface area contributed by atoms with Crippen molar-refractivity contribution < 1.29 is 4.79 Å². The summed E-state index contributed by atoms with van der Waals surface area (Å²) in [5.74, 6) is -0.301. The number of amides is 1. The van der Waals surface area contributed by atoms with Crippen LogP contribution in [-0.4, -0.2) is 31.1 Å². The maximum absolute atomic E-state index is 12.5. The molecule has 0 spiro atoms. The molecule has 0 aliphatic heterocycles. The molecule has 0 aliphatic rings. The van der Waals surface area contributed by atoms with Crippen molar-refractivity contribution in [2.45, 2.75) is 0 Å². The van der Waals surface area contributed by atoms with Gasteiger partial charge in [0.25, 0.3) is 5.91 Å². The van der Waals surface area contributed by atoms with E-state index in [9.17, 15) is 4.79 Å². The van der Waals surface area contributed by atoms with Gasteiger partial charge in [0.05, 0.1) is 11.1 Å². The lowest BCUT2D eigenvalue weighted by atomic mass is 10.1. The maximum Gasteiger partial charge on any atom is 0.259 e. The molecule has 1 N–H and O–H groups in total. The highest BCUT2D eigenvalue weighted by Crippen LogP contribution is 2.25. The van der Waals surface area contributed by atoms with Crippen LogP contribution < -0.4 is 5.32 Å². The molecular formula is C16H10N6OS. The van der Waals surface area contributed by atoms with Crippen LogP contribution in [0.4, 0.5) is 5.13 Å². The third-order valence-electron chi connectivity index (χ3n) is 3.27. The van der Waals surface area contributed by atoms with E-state index >= 15 is 0 Å². The molecule has 3 aromatic heterocycles. The van der Waals surface area contributed by atoms with Gasteiger partial charge in [-0.2, -0.15) is 0 Å². The monoisotopic (exact) mass is 334 g/mol. The molecule has 0 atom stereocenters. The van der Waals surface area contributed by atoms with Crippen molar-refractivity contribution in [1.82, 2.24) is 25.1 Å². The SMILES string of the molecule is O=C(Nc1nnc(-c2ccccn2)s1)c1cccc2nccnc12. The van der Waals surface area contributed by atoms with Crippen molar-refractivity contribution in [3.63, 3.8) is 0 Å². The highest BCUT2D eigenvalue weighted by atomic mass is 32.1. The second kappa shape index (κ2) is 6.09. The zero-order chi connectivity index (χ0) is 16.4. The van der Waals surface area contributed by atoms with Crippen LogP contribution in [-0.2, 0) is 0 Å². The Morgan fingerprint density at radius 1 is 0.917 bits per heavy atom. The van der Waals surface area contributed by atoms with E-state index in [1.807, 2.05) is 24.3 Å². The van der Waals surface area contributed by atoms with Crippen molar-refractivity contribution >= 4 is 33.4 Å². The number of nitrogens with zero attached hydrogens (tertiary/aromatic N) is 5. The number of rotatable bonds is 3. The van der Waals surface area contributed by atoms with E-state index in [2.05, 4.69) is 30.5 Å². The third-order valence-corrected chi connectivity index (χ3v) is 4.13. The van der Waals surface area contributed by atoms with Crippen LogP contribution in [0.15, 0.2) is 55.0 Å². The van der Waals surface area contributed by atoms with Gasteiger partial charge in [0, 0.05) is 18.6 Å². The van der Waals surface area contributed by atoms with Crippen LogP contribution in [0.5, 0.6) is 0 Å². The van der Waals surface area contributed by atoms with Crippen LogP contribution in [0.1, 0.15) is 10.4 Å². The van der Waals surface area contributed by atoms with E-state index < -0.39 is 0 Å². The summed E-state index contributed by atoms with van der Waals surface area (Å²) in [5, 5.41) is 11.9. The number of anilines is 1. The van der Waals surface area contributed by atoms with Gasteiger partial charge in [0.2, 0.25) is 5.13 Å². The van der Waals surface area contributed by atoms with Crippen molar-refractivity contribution in [1.29, 1.82) is 0 Å². The summed E-state index contributed by atoms with van der Waals surface area (Å²) in [6.07, 6.45) is 4.83. The summed E-state index contributed by atoms with van der Waals surface area (Å²) in [6.45, 7) is 0. The summed E-state index contributed by atoms with van der Waals surface area (Å²) in [4.78, 5) is 25.2. The minimum Gasteiger partial charge on any atom is -0.296 e. The van der Waals surface area contributed by atoms with Crippen molar-refractivity contribution in [2.24, 2.45) is 0 Å². The molecule has 8 heteroatoms. The summed E-state index contributed by atoms with van der Waals surface area (Å²) in [5.41, 5.74) is 2.37. The molecule has 1 aromatic carbocycles. The van der Waals surface area contributed by atoms with Gasteiger partial charge in [-0.1, -0.05) is 23.5 Å². The van der Waals surface area contributed by atoms with Gasteiger partial charge in [0.1, 0.15) is 11.2 Å². The fourth-order valence-electron chi connectivity index (χ4n) is 2.21. The molecule has 7 nitrogen and oxygen atoms in total. The first-order valence-electron chi connectivity index (χ1n) is 7.07. The molecule has 0 fully saturated rings. The highest BCUT2D eigenvalue weighted by molar-refractivity contribution is 7.18. The normalized spacial score (nSPS) is 10.7. The quantitative estimate of drug-likeness (QED) is 0.619. The van der Waals surface area contributed by atoms with Crippen molar-refractivity contribution in [3.8, 4) is 10.7 Å². The number of para-hydroxylation sites is 1. The Bertz CT molecular complexity index is 1010. The van der Waals surface area contributed by atoms with Crippen LogP contribution in [0.25, 0.3) is 21.7 Å². The number of hydrogen-bond donors (Lipinski definition) is 1. The Labute approximate surface area is 140 Å². The maximum atomic E-state index is 12.5. The van der Waals surface area contributed by atoms with Gasteiger partial charge in [0.15, 0.2) is 5.01 Å². The van der Waals surface area contributed by atoms with E-state index in [-0.39, 0.29) is 5.91 Å². The first kappa shape index (κ1) is 14.3. The van der Waals surface area contributed by atoms with E-state index in [1.165, 1.54) is 11.3 Å². The number of benzene rings is 1. The molecule has 1 amide bonds. The van der Waals surface area contributed by atoms with Crippen LogP contribution in [0, 0.1) is 0 Å². The molecule has 0 radical (unpaired) electrons. The van der Waals surface area contributed by atoms with Gasteiger partial charge < -0.3 is 0 Å². The fraction of sp³-hybridized carbons (Fsp3) is 0. The first-order valence-corrected chi connectivity index (χ1v) is 7.89. The van der Waals surface area contributed by atoms with Crippen molar-refractivity contribution in [3.05, 3.63) is 60.6 Å². The Morgan fingerprint density at radius 2 is 1.83 bits per heavy atom. The predicted molar refractivity (Wildman–Crippen MR) is 90.6 cm³/mol. The highest BCUT2D eigenvalue weighted by Gasteiger charge is 2.14. The lowest BCUT2D eigenvalue weighted by molar-refractivity contribution is 0.102. The minimum atomic E-state index is -0.301. The lowest BCUT2D eigenvalue weighted by Gasteiger charge is -2.04. The molecule has 0 aliphatic carbocycles. The molecule has 116 valence electrons. The Balaban J connectivity index is 1.61. The second-order valence-electron chi connectivity index (χ2n) is 4.81. The van der Waals surface area contributed by atoms with Crippen LogP contribution >= 0.6 is 11.3 Å². The number of pyridine rings is 1. The van der Waals surface area contributed by atoms with Gasteiger partial charge >= 0.3 is 0 Å². The zero-order valence-electron chi connectivity index (χ0n) is 12.2. The van der Waals surface area contributed by atoms with Crippen molar-refractivity contribution in [2.75, 3.05) is 5.32 Å². The van der Waals surface area contributed by atoms with Gasteiger partial charge in [-0.05, 0) is 24.3 Å². The number of fused-ring (bicyclic) bond motifs is 1. The number of nitrogens with one attached hydrogen (secondary N) is 1. The average Bonchev–Trinajstić information content (AvgIpc) is 3.10. The molecule has 4 aromatic rings. The van der Waals surface area contributed by atoms with Gasteiger partial charge in [-0.25, -0.2) is 0 Å². The average molecular weight is 334 g/mol. The standard InChI is InChI=1S/C16H10N6OS/c23-14(10-4-3-6-11-13(10)19-9-8-18-11)20-16-22-21-15(24-16)12-5-1-2-7-17-12/h1-9H,(H,20,22,23). The van der Waals surface area contributed by atoms with E-state index in [1.54, 1.807) is 30.7 Å². The summed E-state index contributed by atoms with van der Waals surface area (Å²) in [6, 6.07) is 10.8. The predicted octanol–water partition coefficient (Wildman–Crippen LogP) is 2.80. The number of carbonyl (C=O) groups excluding carboxylic acids is 1. The van der Waals surface area contributed by atoms with Crippen LogP contribution in [0.3, 0.4) is 0 Å². The molecule has 0 unspecified atom stereocenters. The summed E-state index contributed by atoms with van der Waals surface area (Å²) < 4.78 is 0. The Hall–Kier alpha value is -3.26. The Morgan fingerprint density at radius 3 is 2.71 bits per heavy atom. The molecule has 24 heavy (non-hydrogen) atoms. The molecule has 0 saturated heterocycles. The summed E-state index contributed by atoms with van der Waals surface area (Å²) in [7, 11) is 0. The third kappa shape index (κ3) is 2.70. The molecular weight excluding hydrogens is 324 g/mol. The topological polar surface area (TPSA) is 93.6 Å². The van der Waals surface area contributed by atoms with E-state index in [4.69, 9.17) is 0 Å². The molecule has 0 saturated carbocycles. The Kier molecular flexibility index (Phi) is 3.64. The summed E-state index contributed by atoms with van der Waals surface area (Å²) >= 11 is 1.26. The zero-order valence-corrected chi connectivity index (χ0v) is 13.1. The molecule has 0 bridgehead atoms. The lowest BCUT2D eigenvalue weighted by Crippen LogP contribution is -2.12. The number of carbonyl (C=O) groups is 1. The fourth-order valence-corrected chi connectivity index (χ4v) is 2.92. The number of aromatic nitrogens is 5. The van der Waals surface area contributed by atoms with E-state index in [0.717, 1.165) is 0 Å². The van der Waals surface area contributed by atoms with E-state index in [0.29, 0.717) is 32.4 Å². The van der Waals surface area contributed by atoms with Gasteiger partial charge in [-0.15, -0.1) is 10.2 Å².